The maximum absolute atomic E-state index is 4.63. The van der Waals surface area contributed by atoms with Crippen molar-refractivity contribution in [3.63, 3.8) is 0 Å². The zero-order chi connectivity index (χ0) is 12.5. The van der Waals surface area contributed by atoms with Crippen molar-refractivity contribution in [3.05, 3.63) is 29.8 Å². The van der Waals surface area contributed by atoms with Gasteiger partial charge in [0, 0.05) is 11.7 Å². The number of hydrogen-bond acceptors (Lipinski definition) is 1. The monoisotopic (exact) mass is 230 g/mol. The molecule has 1 atom stereocenters. The van der Waals surface area contributed by atoms with Gasteiger partial charge in [0.05, 0.1) is 11.9 Å². The Morgan fingerprint density at radius 2 is 2.00 bits per heavy atom. The first-order valence-electron chi connectivity index (χ1n) is 6.39. The second kappa shape index (κ2) is 4.52. The molecule has 0 fully saturated rings. The number of aliphatic imine (C=N–C) groups is 1. The molecule has 0 spiro atoms. The van der Waals surface area contributed by atoms with Crippen LogP contribution in [0.2, 0.25) is 0 Å². The molecular weight excluding hydrogens is 208 g/mol. The third-order valence-electron chi connectivity index (χ3n) is 3.15. The van der Waals surface area contributed by atoms with Crippen LogP contribution in [0.1, 0.15) is 39.7 Å². The van der Waals surface area contributed by atoms with Crippen LogP contribution in [-0.2, 0) is 6.42 Å². The van der Waals surface area contributed by atoms with E-state index in [9.17, 15) is 0 Å². The number of rotatable bonds is 1. The molecule has 92 valence electrons. The summed E-state index contributed by atoms with van der Waals surface area (Å²) < 4.78 is 0. The highest BCUT2D eigenvalue weighted by Crippen LogP contribution is 2.29. The SMILES string of the molecule is CC1CCc2ccccc2N1C=NC(C)(C)C. The van der Waals surface area contributed by atoms with Gasteiger partial charge in [-0.05, 0) is 52.2 Å². The zero-order valence-electron chi connectivity index (χ0n) is 11.3. The molecule has 0 saturated carbocycles. The molecule has 2 nitrogen and oxygen atoms in total. The minimum absolute atomic E-state index is 0.00783. The van der Waals surface area contributed by atoms with Crippen molar-refractivity contribution in [1.82, 2.24) is 0 Å². The summed E-state index contributed by atoms with van der Waals surface area (Å²) >= 11 is 0. The smallest absolute Gasteiger partial charge is 0.0903 e. The van der Waals surface area contributed by atoms with Gasteiger partial charge in [-0.3, -0.25) is 4.99 Å². The van der Waals surface area contributed by atoms with Crippen molar-refractivity contribution in [2.75, 3.05) is 4.90 Å². The van der Waals surface area contributed by atoms with E-state index in [4.69, 9.17) is 0 Å². The molecule has 0 amide bonds. The molecule has 1 heterocycles. The molecule has 0 aromatic heterocycles. The van der Waals surface area contributed by atoms with Gasteiger partial charge in [0.2, 0.25) is 0 Å². The maximum atomic E-state index is 4.63. The second-order valence-corrected chi connectivity index (χ2v) is 5.84. The van der Waals surface area contributed by atoms with E-state index in [1.807, 2.05) is 6.34 Å². The molecule has 0 bridgehead atoms. The number of para-hydroxylation sites is 1. The Kier molecular flexibility index (Phi) is 3.23. The summed E-state index contributed by atoms with van der Waals surface area (Å²) in [7, 11) is 0. The molecule has 1 aromatic rings. The molecule has 0 saturated heterocycles. The molecule has 1 unspecified atom stereocenters. The van der Waals surface area contributed by atoms with Gasteiger partial charge < -0.3 is 4.90 Å². The number of nitrogens with zero attached hydrogens (tertiary/aromatic N) is 2. The van der Waals surface area contributed by atoms with Crippen molar-refractivity contribution in [2.45, 2.75) is 52.1 Å². The average Bonchev–Trinajstić information content (AvgIpc) is 2.26. The highest BCUT2D eigenvalue weighted by molar-refractivity contribution is 5.82. The zero-order valence-corrected chi connectivity index (χ0v) is 11.3. The van der Waals surface area contributed by atoms with Gasteiger partial charge in [0.15, 0.2) is 0 Å². The summed E-state index contributed by atoms with van der Waals surface area (Å²) in [5.74, 6) is 0. The Hall–Kier alpha value is -1.31. The Morgan fingerprint density at radius 1 is 1.29 bits per heavy atom. The summed E-state index contributed by atoms with van der Waals surface area (Å²) in [6, 6.07) is 9.18. The minimum atomic E-state index is -0.00783. The van der Waals surface area contributed by atoms with Crippen LogP contribution >= 0.6 is 0 Å². The lowest BCUT2D eigenvalue weighted by Gasteiger charge is -2.34. The largest absolute Gasteiger partial charge is 0.330 e. The summed E-state index contributed by atoms with van der Waals surface area (Å²) in [4.78, 5) is 6.94. The molecular formula is C15H22N2. The summed E-state index contributed by atoms with van der Waals surface area (Å²) in [6.45, 7) is 8.66. The van der Waals surface area contributed by atoms with E-state index < -0.39 is 0 Å². The summed E-state index contributed by atoms with van der Waals surface area (Å²) in [6.07, 6.45) is 4.40. The lowest BCUT2D eigenvalue weighted by molar-refractivity contribution is 0.577. The van der Waals surface area contributed by atoms with Crippen LogP contribution in [0.4, 0.5) is 5.69 Å². The average molecular weight is 230 g/mol. The highest BCUT2D eigenvalue weighted by Gasteiger charge is 2.21. The molecule has 1 aromatic carbocycles. The molecule has 0 N–H and O–H groups in total. The van der Waals surface area contributed by atoms with Crippen LogP contribution in [-0.4, -0.2) is 17.9 Å². The second-order valence-electron chi connectivity index (χ2n) is 5.84. The van der Waals surface area contributed by atoms with E-state index in [0.717, 1.165) is 0 Å². The Labute approximate surface area is 104 Å². The van der Waals surface area contributed by atoms with E-state index in [0.29, 0.717) is 6.04 Å². The van der Waals surface area contributed by atoms with Gasteiger partial charge in [-0.1, -0.05) is 18.2 Å². The predicted molar refractivity (Wildman–Crippen MR) is 74.9 cm³/mol. The quantitative estimate of drug-likeness (QED) is 0.531. The van der Waals surface area contributed by atoms with E-state index in [2.05, 4.69) is 61.9 Å². The van der Waals surface area contributed by atoms with Gasteiger partial charge in [-0.15, -0.1) is 0 Å². The van der Waals surface area contributed by atoms with Crippen molar-refractivity contribution in [1.29, 1.82) is 0 Å². The van der Waals surface area contributed by atoms with E-state index in [-0.39, 0.29) is 5.54 Å². The Morgan fingerprint density at radius 3 is 2.71 bits per heavy atom. The molecule has 2 rings (SSSR count). The maximum Gasteiger partial charge on any atom is 0.0903 e. The first-order chi connectivity index (χ1) is 7.97. The molecule has 1 aliphatic rings. The number of aryl methyl sites for hydroxylation is 1. The van der Waals surface area contributed by atoms with E-state index in [1.165, 1.54) is 24.1 Å². The van der Waals surface area contributed by atoms with Gasteiger partial charge in [0.1, 0.15) is 0 Å². The Balaban J connectivity index is 2.30. The van der Waals surface area contributed by atoms with Crippen LogP contribution < -0.4 is 4.90 Å². The molecule has 0 aliphatic carbocycles. The fourth-order valence-electron chi connectivity index (χ4n) is 2.13. The van der Waals surface area contributed by atoms with Gasteiger partial charge in [0.25, 0.3) is 0 Å². The highest BCUT2D eigenvalue weighted by atomic mass is 15.2. The summed E-state index contributed by atoms with van der Waals surface area (Å²) in [5.41, 5.74) is 2.75. The standard InChI is InChI=1S/C15H22N2/c1-12-9-10-13-7-5-6-8-14(13)17(12)11-16-15(2,3)4/h5-8,11-12H,9-10H2,1-4H3. The van der Waals surface area contributed by atoms with Crippen molar-refractivity contribution in [3.8, 4) is 0 Å². The van der Waals surface area contributed by atoms with E-state index in [1.54, 1.807) is 0 Å². The lowest BCUT2D eigenvalue weighted by atomic mass is 9.97. The first-order valence-corrected chi connectivity index (χ1v) is 6.39. The minimum Gasteiger partial charge on any atom is -0.330 e. The number of hydrogen-bond donors (Lipinski definition) is 0. The number of benzene rings is 1. The van der Waals surface area contributed by atoms with Crippen molar-refractivity contribution in [2.24, 2.45) is 4.99 Å². The molecule has 2 heteroatoms. The van der Waals surface area contributed by atoms with Crippen LogP contribution in [0.15, 0.2) is 29.3 Å². The predicted octanol–water partition coefficient (Wildman–Crippen LogP) is 3.65. The molecule has 1 aliphatic heterocycles. The van der Waals surface area contributed by atoms with Crippen molar-refractivity contribution >= 4 is 12.0 Å². The third-order valence-corrected chi connectivity index (χ3v) is 3.15. The molecule has 0 radical (unpaired) electrons. The van der Waals surface area contributed by atoms with E-state index >= 15 is 0 Å². The van der Waals surface area contributed by atoms with Crippen LogP contribution in [0.3, 0.4) is 0 Å². The fraction of sp³-hybridized carbons (Fsp3) is 0.533. The summed E-state index contributed by atoms with van der Waals surface area (Å²) in [5, 5.41) is 0. The van der Waals surface area contributed by atoms with Crippen LogP contribution in [0.5, 0.6) is 0 Å². The topological polar surface area (TPSA) is 15.6 Å². The van der Waals surface area contributed by atoms with Crippen LogP contribution in [0, 0.1) is 0 Å². The van der Waals surface area contributed by atoms with Gasteiger partial charge in [-0.25, -0.2) is 0 Å². The molecule has 17 heavy (non-hydrogen) atoms. The van der Waals surface area contributed by atoms with Crippen LogP contribution in [0.25, 0.3) is 0 Å². The fourth-order valence-corrected chi connectivity index (χ4v) is 2.13. The van der Waals surface area contributed by atoms with Crippen molar-refractivity contribution < 1.29 is 0 Å². The lowest BCUT2D eigenvalue weighted by Crippen LogP contribution is -2.36. The van der Waals surface area contributed by atoms with Gasteiger partial charge >= 0.3 is 0 Å². The number of anilines is 1. The van der Waals surface area contributed by atoms with Gasteiger partial charge in [-0.2, -0.15) is 0 Å². The number of fused-ring (bicyclic) bond motifs is 1. The normalized spacial score (nSPS) is 20.7. The Bertz CT molecular complexity index is 415. The first kappa shape index (κ1) is 12.2. The third kappa shape index (κ3) is 2.87.